The molecule has 3 rings (SSSR count). The number of carbonyl (C=O) groups is 1. The molecule has 3 heterocycles. The van der Waals surface area contributed by atoms with Crippen LogP contribution in [-0.2, 0) is 15.8 Å². The van der Waals surface area contributed by atoms with E-state index >= 15 is 0 Å². The van der Waals surface area contributed by atoms with Crippen molar-refractivity contribution in [3.8, 4) is 0 Å². The van der Waals surface area contributed by atoms with Crippen LogP contribution in [0.3, 0.4) is 0 Å². The highest BCUT2D eigenvalue weighted by molar-refractivity contribution is 6.74. The highest BCUT2D eigenvalue weighted by Gasteiger charge is 2.37. The van der Waals surface area contributed by atoms with Gasteiger partial charge >= 0.3 is 6.09 Å². The van der Waals surface area contributed by atoms with Crippen molar-refractivity contribution in [2.45, 2.75) is 84.3 Å². The molecule has 2 aliphatic heterocycles. The molecule has 0 radical (unpaired) electrons. The second-order valence-electron chi connectivity index (χ2n) is 11.3. The van der Waals surface area contributed by atoms with E-state index in [1.54, 1.807) is 0 Å². The summed E-state index contributed by atoms with van der Waals surface area (Å²) in [5, 5.41) is 0.205. The lowest BCUT2D eigenvalue weighted by Crippen LogP contribution is -2.51. The van der Waals surface area contributed by atoms with Gasteiger partial charge in [0.15, 0.2) is 8.32 Å². The fourth-order valence-electron chi connectivity index (χ4n) is 4.01. The fraction of sp³-hybridized carbons (Fsp3) is 0.760. The van der Waals surface area contributed by atoms with Gasteiger partial charge in [0, 0.05) is 64.3 Å². The summed E-state index contributed by atoms with van der Waals surface area (Å²) in [6.45, 7) is 21.4. The number of ether oxygens (including phenoxy) is 1. The van der Waals surface area contributed by atoms with Gasteiger partial charge < -0.3 is 19.0 Å². The Labute approximate surface area is 201 Å². The minimum atomic E-state index is -1.76. The first kappa shape index (κ1) is 26.0. The first-order chi connectivity index (χ1) is 15.5. The number of piperazine rings is 1. The molecule has 7 nitrogen and oxygen atoms in total. The summed E-state index contributed by atoms with van der Waals surface area (Å²) >= 11 is 0. The van der Waals surface area contributed by atoms with E-state index in [-0.39, 0.29) is 17.2 Å². The second kappa shape index (κ2) is 10.7. The third-order valence-electron chi connectivity index (χ3n) is 7.55. The Morgan fingerprint density at radius 3 is 2.24 bits per heavy atom. The maximum Gasteiger partial charge on any atom is 0.410 e. The molecule has 1 aromatic heterocycles. The Bertz CT molecular complexity index is 763. The number of hydrogen-bond donors (Lipinski definition) is 0. The molecule has 8 heteroatoms. The number of anilines is 1. The Kier molecular flexibility index (Phi) is 8.45. The maximum absolute atomic E-state index is 12.6. The second-order valence-corrected chi connectivity index (χ2v) is 16.1. The third-order valence-corrected chi connectivity index (χ3v) is 12.0. The zero-order valence-electron chi connectivity index (χ0n) is 21.8. The minimum absolute atomic E-state index is 0.00543. The standard InChI is InChI=1S/C25H44N4O3Si/c1-20(2)27-14-16-29(17-15-27)24(30)32-22-10-12-28(13-11-22)23-9-8-21(18-26-23)19-31-33(6,7)25(3,4)5/h8-9,18,20,22H,10-17,19H2,1-7H3. The van der Waals surface area contributed by atoms with Crippen molar-refractivity contribution in [2.75, 3.05) is 44.2 Å². The van der Waals surface area contributed by atoms with Crippen molar-refractivity contribution in [1.82, 2.24) is 14.8 Å². The molecule has 33 heavy (non-hydrogen) atoms. The minimum Gasteiger partial charge on any atom is -0.446 e. The van der Waals surface area contributed by atoms with Crippen molar-refractivity contribution in [1.29, 1.82) is 0 Å². The molecule has 1 aromatic rings. The highest BCUT2D eigenvalue weighted by atomic mass is 28.4. The predicted octanol–water partition coefficient (Wildman–Crippen LogP) is 4.73. The van der Waals surface area contributed by atoms with Gasteiger partial charge in [0.1, 0.15) is 11.9 Å². The molecule has 2 saturated heterocycles. The number of rotatable bonds is 6. The van der Waals surface area contributed by atoms with Crippen LogP contribution in [0.5, 0.6) is 0 Å². The molecule has 186 valence electrons. The monoisotopic (exact) mass is 476 g/mol. The van der Waals surface area contributed by atoms with Crippen LogP contribution in [0.1, 0.15) is 53.0 Å². The molecule has 0 aliphatic carbocycles. The Morgan fingerprint density at radius 2 is 1.73 bits per heavy atom. The van der Waals surface area contributed by atoms with Gasteiger partial charge in [-0.25, -0.2) is 9.78 Å². The highest BCUT2D eigenvalue weighted by Crippen LogP contribution is 2.37. The number of aromatic nitrogens is 1. The summed E-state index contributed by atoms with van der Waals surface area (Å²) in [7, 11) is -1.76. The van der Waals surface area contributed by atoms with Crippen LogP contribution in [0, 0.1) is 0 Å². The fourth-order valence-corrected chi connectivity index (χ4v) is 4.97. The zero-order valence-corrected chi connectivity index (χ0v) is 22.8. The Morgan fingerprint density at radius 1 is 1.09 bits per heavy atom. The Balaban J connectivity index is 1.42. The van der Waals surface area contributed by atoms with Crippen molar-refractivity contribution < 1.29 is 14.0 Å². The van der Waals surface area contributed by atoms with E-state index < -0.39 is 8.32 Å². The summed E-state index contributed by atoms with van der Waals surface area (Å²) in [6, 6.07) is 4.74. The molecule has 1 amide bonds. The molecule has 0 atom stereocenters. The van der Waals surface area contributed by atoms with Crippen LogP contribution in [-0.4, -0.2) is 80.6 Å². The normalized spacial score (nSPS) is 19.3. The van der Waals surface area contributed by atoms with E-state index in [2.05, 4.69) is 74.6 Å². The van der Waals surface area contributed by atoms with E-state index in [4.69, 9.17) is 9.16 Å². The topological polar surface area (TPSA) is 58.1 Å². The third kappa shape index (κ3) is 6.93. The quantitative estimate of drug-likeness (QED) is 0.553. The average molecular weight is 477 g/mol. The van der Waals surface area contributed by atoms with Crippen LogP contribution in [0.15, 0.2) is 18.3 Å². The molecule has 0 spiro atoms. The van der Waals surface area contributed by atoms with Crippen LogP contribution in [0.25, 0.3) is 0 Å². The van der Waals surface area contributed by atoms with Gasteiger partial charge in [-0.3, -0.25) is 4.90 Å². The van der Waals surface area contributed by atoms with Crippen molar-refractivity contribution >= 4 is 20.2 Å². The van der Waals surface area contributed by atoms with Gasteiger partial charge in [-0.15, -0.1) is 0 Å². The number of carbonyl (C=O) groups excluding carboxylic acids is 1. The van der Waals surface area contributed by atoms with E-state index in [9.17, 15) is 4.79 Å². The van der Waals surface area contributed by atoms with E-state index in [0.717, 1.165) is 63.5 Å². The SMILES string of the molecule is CC(C)N1CCN(C(=O)OC2CCN(c3ccc(CO[Si](C)(C)C(C)(C)C)cn3)CC2)CC1. The van der Waals surface area contributed by atoms with Gasteiger partial charge in [-0.1, -0.05) is 26.8 Å². The van der Waals surface area contributed by atoms with Crippen LogP contribution < -0.4 is 4.90 Å². The summed E-state index contributed by atoms with van der Waals surface area (Å²) in [5.74, 6) is 0.987. The summed E-state index contributed by atoms with van der Waals surface area (Å²) in [4.78, 5) is 23.8. The number of piperidine rings is 1. The molecule has 0 unspecified atom stereocenters. The zero-order chi connectivity index (χ0) is 24.2. The van der Waals surface area contributed by atoms with Crippen LogP contribution in [0.4, 0.5) is 10.6 Å². The molecular formula is C25H44N4O3Si. The maximum atomic E-state index is 12.6. The first-order valence-corrected chi connectivity index (χ1v) is 15.4. The smallest absolute Gasteiger partial charge is 0.410 e. The summed E-state index contributed by atoms with van der Waals surface area (Å²) in [5.41, 5.74) is 1.12. The van der Waals surface area contributed by atoms with E-state index in [0.29, 0.717) is 12.6 Å². The molecule has 2 fully saturated rings. The van der Waals surface area contributed by atoms with Gasteiger partial charge in [-0.2, -0.15) is 0 Å². The summed E-state index contributed by atoms with van der Waals surface area (Å²) in [6.07, 6.45) is 3.46. The number of nitrogens with zero attached hydrogens (tertiary/aromatic N) is 4. The first-order valence-electron chi connectivity index (χ1n) is 12.5. The molecule has 0 bridgehead atoms. The van der Waals surface area contributed by atoms with Crippen LogP contribution in [0.2, 0.25) is 18.1 Å². The lowest BCUT2D eigenvalue weighted by molar-refractivity contribution is 0.0337. The van der Waals surface area contributed by atoms with E-state index in [1.807, 2.05) is 11.1 Å². The molecule has 0 saturated carbocycles. The molecule has 0 N–H and O–H groups in total. The van der Waals surface area contributed by atoms with Crippen molar-refractivity contribution in [3.63, 3.8) is 0 Å². The van der Waals surface area contributed by atoms with Crippen LogP contribution >= 0.6 is 0 Å². The molecule has 0 aromatic carbocycles. The van der Waals surface area contributed by atoms with E-state index in [1.165, 1.54) is 0 Å². The number of pyridine rings is 1. The average Bonchev–Trinajstić information content (AvgIpc) is 2.78. The largest absolute Gasteiger partial charge is 0.446 e. The van der Waals surface area contributed by atoms with Gasteiger partial charge in [-0.05, 0) is 43.6 Å². The predicted molar refractivity (Wildman–Crippen MR) is 136 cm³/mol. The molecular weight excluding hydrogens is 432 g/mol. The lowest BCUT2D eigenvalue weighted by Gasteiger charge is -2.38. The lowest BCUT2D eigenvalue weighted by atomic mass is 10.1. The van der Waals surface area contributed by atoms with Crippen molar-refractivity contribution in [3.05, 3.63) is 23.9 Å². The Hall–Kier alpha value is -1.64. The van der Waals surface area contributed by atoms with Crippen molar-refractivity contribution in [2.24, 2.45) is 0 Å². The van der Waals surface area contributed by atoms with Gasteiger partial charge in [0.25, 0.3) is 0 Å². The summed E-state index contributed by atoms with van der Waals surface area (Å²) < 4.78 is 12.1. The van der Waals surface area contributed by atoms with Gasteiger partial charge in [0.2, 0.25) is 0 Å². The molecule has 2 aliphatic rings. The number of amides is 1. The number of hydrogen-bond acceptors (Lipinski definition) is 6. The van der Waals surface area contributed by atoms with Gasteiger partial charge in [0.05, 0.1) is 6.61 Å².